The van der Waals surface area contributed by atoms with Crippen molar-refractivity contribution in [3.05, 3.63) is 0 Å². The van der Waals surface area contributed by atoms with Crippen molar-refractivity contribution in [1.29, 1.82) is 0 Å². The van der Waals surface area contributed by atoms with Crippen LogP contribution in [0.3, 0.4) is 0 Å². The molecule has 1 heterocycles. The van der Waals surface area contributed by atoms with E-state index in [4.69, 9.17) is 0 Å². The van der Waals surface area contributed by atoms with Gasteiger partial charge in [-0.2, -0.15) is 0 Å². The van der Waals surface area contributed by atoms with Crippen LogP contribution in [0, 0.1) is 17.8 Å². The van der Waals surface area contributed by atoms with Crippen molar-refractivity contribution in [2.24, 2.45) is 17.8 Å². The second-order valence-electron chi connectivity index (χ2n) is 5.18. The summed E-state index contributed by atoms with van der Waals surface area (Å²) in [5.74, 6) is 0.602. The van der Waals surface area contributed by atoms with E-state index in [0.29, 0.717) is 12.5 Å². The van der Waals surface area contributed by atoms with E-state index in [-0.39, 0.29) is 23.7 Å². The summed E-state index contributed by atoms with van der Waals surface area (Å²) < 4.78 is 0. The maximum absolute atomic E-state index is 12.0. The van der Waals surface area contributed by atoms with E-state index in [9.17, 15) is 9.59 Å². The Morgan fingerprint density at radius 2 is 1.60 bits per heavy atom. The molecule has 3 heteroatoms. The molecular formula is C12H19NO2. The minimum absolute atomic E-state index is 0.0185. The fourth-order valence-electron chi connectivity index (χ4n) is 2.78. The highest BCUT2D eigenvalue weighted by Crippen LogP contribution is 2.38. The van der Waals surface area contributed by atoms with Crippen molar-refractivity contribution in [2.45, 2.75) is 39.5 Å². The molecule has 0 aromatic carbocycles. The third-order valence-electron chi connectivity index (χ3n) is 3.48. The molecule has 2 unspecified atom stereocenters. The number of hydrogen-bond acceptors (Lipinski definition) is 2. The Kier molecular flexibility index (Phi) is 2.81. The summed E-state index contributed by atoms with van der Waals surface area (Å²) >= 11 is 0. The van der Waals surface area contributed by atoms with E-state index in [1.807, 2.05) is 13.8 Å². The van der Waals surface area contributed by atoms with Crippen LogP contribution in [-0.4, -0.2) is 23.3 Å². The van der Waals surface area contributed by atoms with Gasteiger partial charge >= 0.3 is 0 Å². The lowest BCUT2D eigenvalue weighted by molar-refractivity contribution is -0.140. The molecule has 3 nitrogen and oxygen atoms in total. The van der Waals surface area contributed by atoms with Crippen LogP contribution < -0.4 is 0 Å². The molecule has 2 aliphatic rings. The smallest absolute Gasteiger partial charge is 0.233 e. The number of amides is 2. The van der Waals surface area contributed by atoms with E-state index >= 15 is 0 Å². The summed E-state index contributed by atoms with van der Waals surface area (Å²) in [7, 11) is 0. The monoisotopic (exact) mass is 209 g/mol. The summed E-state index contributed by atoms with van der Waals surface area (Å²) in [6.45, 7) is 4.69. The van der Waals surface area contributed by atoms with Crippen molar-refractivity contribution in [1.82, 2.24) is 4.90 Å². The molecule has 0 spiro atoms. The first kappa shape index (κ1) is 10.7. The van der Waals surface area contributed by atoms with E-state index in [0.717, 1.165) is 25.7 Å². The van der Waals surface area contributed by atoms with Crippen molar-refractivity contribution < 1.29 is 9.59 Å². The van der Waals surface area contributed by atoms with Gasteiger partial charge in [0.1, 0.15) is 0 Å². The predicted octanol–water partition coefficient (Wildman–Crippen LogP) is 1.82. The van der Waals surface area contributed by atoms with Gasteiger partial charge in [-0.3, -0.25) is 14.5 Å². The number of nitrogens with zero attached hydrogens (tertiary/aromatic N) is 1. The van der Waals surface area contributed by atoms with Crippen LogP contribution in [0.15, 0.2) is 0 Å². The summed E-state index contributed by atoms with van der Waals surface area (Å²) in [5, 5.41) is 0. The maximum Gasteiger partial charge on any atom is 0.233 e. The first-order valence-corrected chi connectivity index (χ1v) is 5.96. The van der Waals surface area contributed by atoms with Gasteiger partial charge in [-0.1, -0.05) is 26.7 Å². The number of rotatable bonds is 2. The normalized spacial score (nSPS) is 31.3. The van der Waals surface area contributed by atoms with Crippen LogP contribution in [-0.2, 0) is 9.59 Å². The molecule has 0 radical (unpaired) electrons. The lowest BCUT2D eigenvalue weighted by Gasteiger charge is -2.19. The molecule has 1 aliphatic heterocycles. The first-order valence-electron chi connectivity index (χ1n) is 5.96. The minimum atomic E-state index is 0.0185. The average molecular weight is 209 g/mol. The average Bonchev–Trinajstić information content (AvgIpc) is 2.44. The summed E-state index contributed by atoms with van der Waals surface area (Å²) in [6, 6.07) is 0. The molecule has 84 valence electrons. The molecule has 0 aromatic rings. The molecule has 2 fully saturated rings. The van der Waals surface area contributed by atoms with Crippen LogP contribution in [0.4, 0.5) is 0 Å². The molecule has 2 amide bonds. The lowest BCUT2D eigenvalue weighted by Crippen LogP contribution is -2.34. The number of likely N-dealkylation sites (tertiary alicyclic amines) is 1. The molecule has 1 aliphatic carbocycles. The predicted molar refractivity (Wildman–Crippen MR) is 57.0 cm³/mol. The van der Waals surface area contributed by atoms with Gasteiger partial charge in [0.25, 0.3) is 0 Å². The van der Waals surface area contributed by atoms with E-state index in [1.165, 1.54) is 4.90 Å². The van der Waals surface area contributed by atoms with Crippen LogP contribution in [0.25, 0.3) is 0 Å². The molecule has 1 saturated heterocycles. The summed E-state index contributed by atoms with van der Waals surface area (Å²) in [4.78, 5) is 25.5. The van der Waals surface area contributed by atoms with Crippen LogP contribution in [0.2, 0.25) is 0 Å². The van der Waals surface area contributed by atoms with Crippen molar-refractivity contribution in [3.63, 3.8) is 0 Å². The molecule has 2 atom stereocenters. The zero-order valence-electron chi connectivity index (χ0n) is 9.53. The van der Waals surface area contributed by atoms with E-state index in [2.05, 4.69) is 0 Å². The largest absolute Gasteiger partial charge is 0.282 e. The van der Waals surface area contributed by atoms with Crippen LogP contribution in [0.1, 0.15) is 39.5 Å². The van der Waals surface area contributed by atoms with Gasteiger partial charge in [-0.15, -0.1) is 0 Å². The van der Waals surface area contributed by atoms with Gasteiger partial charge in [0.2, 0.25) is 11.8 Å². The third kappa shape index (κ3) is 1.80. The van der Waals surface area contributed by atoms with Gasteiger partial charge in [0, 0.05) is 6.54 Å². The standard InChI is InChI=1S/C12H19NO2/c1-8(2)7-13-11(14)9-5-3-4-6-10(9)12(13)15/h8-10H,3-7H2,1-2H3. The number of imide groups is 1. The Morgan fingerprint density at radius 3 is 2.00 bits per heavy atom. The van der Waals surface area contributed by atoms with Crippen LogP contribution >= 0.6 is 0 Å². The molecule has 1 saturated carbocycles. The topological polar surface area (TPSA) is 37.4 Å². The second-order valence-corrected chi connectivity index (χ2v) is 5.18. The highest BCUT2D eigenvalue weighted by atomic mass is 16.2. The van der Waals surface area contributed by atoms with Gasteiger partial charge in [-0.05, 0) is 18.8 Å². The molecular weight excluding hydrogens is 190 g/mol. The SMILES string of the molecule is CC(C)CN1C(=O)C2CCCCC2C1=O. The molecule has 0 aromatic heterocycles. The van der Waals surface area contributed by atoms with E-state index < -0.39 is 0 Å². The molecule has 0 N–H and O–H groups in total. The maximum atomic E-state index is 12.0. The zero-order chi connectivity index (χ0) is 11.0. The van der Waals surface area contributed by atoms with Crippen molar-refractivity contribution in [3.8, 4) is 0 Å². The zero-order valence-corrected chi connectivity index (χ0v) is 9.53. The van der Waals surface area contributed by atoms with Gasteiger partial charge in [0.05, 0.1) is 11.8 Å². The number of fused-ring (bicyclic) bond motifs is 1. The van der Waals surface area contributed by atoms with Gasteiger partial charge in [-0.25, -0.2) is 0 Å². The van der Waals surface area contributed by atoms with Gasteiger partial charge < -0.3 is 0 Å². The molecule has 15 heavy (non-hydrogen) atoms. The van der Waals surface area contributed by atoms with Crippen molar-refractivity contribution in [2.75, 3.05) is 6.54 Å². The third-order valence-corrected chi connectivity index (χ3v) is 3.48. The van der Waals surface area contributed by atoms with E-state index in [1.54, 1.807) is 0 Å². The Balaban J connectivity index is 2.14. The minimum Gasteiger partial charge on any atom is -0.282 e. The summed E-state index contributed by atoms with van der Waals surface area (Å²) in [6.07, 6.45) is 4.05. The highest BCUT2D eigenvalue weighted by Gasteiger charge is 2.47. The van der Waals surface area contributed by atoms with Crippen LogP contribution in [0.5, 0.6) is 0 Å². The Hall–Kier alpha value is -0.860. The number of carbonyl (C=O) groups excluding carboxylic acids is 2. The Morgan fingerprint density at radius 1 is 1.13 bits per heavy atom. The molecule has 0 bridgehead atoms. The lowest BCUT2D eigenvalue weighted by atomic mass is 9.81. The number of hydrogen-bond donors (Lipinski definition) is 0. The number of carbonyl (C=O) groups is 2. The van der Waals surface area contributed by atoms with Gasteiger partial charge in [0.15, 0.2) is 0 Å². The fourth-order valence-corrected chi connectivity index (χ4v) is 2.78. The Bertz CT molecular complexity index is 261. The molecule has 2 rings (SSSR count). The Labute approximate surface area is 90.8 Å². The summed E-state index contributed by atoms with van der Waals surface area (Å²) in [5.41, 5.74) is 0. The quantitative estimate of drug-likeness (QED) is 0.650. The second kappa shape index (κ2) is 3.95. The first-order chi connectivity index (χ1) is 7.11. The van der Waals surface area contributed by atoms with Crippen molar-refractivity contribution >= 4 is 11.8 Å². The fraction of sp³-hybridized carbons (Fsp3) is 0.833. The highest BCUT2D eigenvalue weighted by molar-refractivity contribution is 6.05.